The summed E-state index contributed by atoms with van der Waals surface area (Å²) in [5, 5.41) is 3.26. The fourth-order valence-corrected chi connectivity index (χ4v) is 3.29. The van der Waals surface area contributed by atoms with Crippen molar-refractivity contribution in [2.45, 2.75) is 19.4 Å². The molecule has 0 saturated carbocycles. The van der Waals surface area contributed by atoms with Crippen LogP contribution in [0.1, 0.15) is 18.4 Å². The highest BCUT2D eigenvalue weighted by molar-refractivity contribution is 7.17. The van der Waals surface area contributed by atoms with Gasteiger partial charge in [0.2, 0.25) is 0 Å². The second-order valence-electron chi connectivity index (χ2n) is 4.75. The van der Waals surface area contributed by atoms with E-state index in [-0.39, 0.29) is 11.9 Å². The first-order valence-corrected chi connectivity index (χ1v) is 7.42. The van der Waals surface area contributed by atoms with Crippen molar-refractivity contribution in [3.8, 4) is 0 Å². The van der Waals surface area contributed by atoms with Gasteiger partial charge in [-0.3, -0.25) is 4.79 Å². The Morgan fingerprint density at radius 2 is 2.11 bits per heavy atom. The molecular formula is C15H16O3S. The van der Waals surface area contributed by atoms with Gasteiger partial charge in [-0.2, -0.15) is 0 Å². The molecule has 1 aromatic heterocycles. The molecule has 0 atom stereocenters. The van der Waals surface area contributed by atoms with Crippen LogP contribution in [-0.4, -0.2) is 19.2 Å². The highest BCUT2D eigenvalue weighted by Crippen LogP contribution is 2.26. The summed E-state index contributed by atoms with van der Waals surface area (Å²) in [6.07, 6.45) is 1.56. The predicted octanol–water partition coefficient (Wildman–Crippen LogP) is 3.37. The minimum atomic E-state index is -0.0846. The van der Waals surface area contributed by atoms with E-state index < -0.39 is 0 Å². The fourth-order valence-electron chi connectivity index (χ4n) is 2.34. The average Bonchev–Trinajstić information content (AvgIpc) is 2.89. The third kappa shape index (κ3) is 2.80. The summed E-state index contributed by atoms with van der Waals surface area (Å²) in [7, 11) is 0. The van der Waals surface area contributed by atoms with Gasteiger partial charge in [-0.05, 0) is 29.7 Å². The van der Waals surface area contributed by atoms with Crippen LogP contribution in [0.4, 0.5) is 0 Å². The minimum Gasteiger partial charge on any atom is -0.461 e. The molecule has 4 heteroatoms. The second-order valence-corrected chi connectivity index (χ2v) is 5.66. The van der Waals surface area contributed by atoms with Crippen molar-refractivity contribution in [1.29, 1.82) is 0 Å². The van der Waals surface area contributed by atoms with Gasteiger partial charge in [-0.25, -0.2) is 0 Å². The lowest BCUT2D eigenvalue weighted by atomic mass is 10.0. The molecule has 2 aromatic rings. The zero-order valence-electron chi connectivity index (χ0n) is 10.6. The standard InChI is InChI=1S/C15H16O3S/c16-15(11-5-7-17-8-6-11)18-9-12-10-19-14-4-2-1-3-13(12)14/h1-4,10-11H,5-9H2. The maximum absolute atomic E-state index is 12.0. The smallest absolute Gasteiger partial charge is 0.309 e. The Morgan fingerprint density at radius 3 is 2.95 bits per heavy atom. The summed E-state index contributed by atoms with van der Waals surface area (Å²) in [5.41, 5.74) is 1.10. The third-order valence-electron chi connectivity index (χ3n) is 3.49. The quantitative estimate of drug-likeness (QED) is 0.806. The van der Waals surface area contributed by atoms with Crippen LogP contribution in [0.5, 0.6) is 0 Å². The van der Waals surface area contributed by atoms with E-state index in [9.17, 15) is 4.79 Å². The molecule has 0 amide bonds. The number of hydrogen-bond acceptors (Lipinski definition) is 4. The van der Waals surface area contributed by atoms with Crippen molar-refractivity contribution < 1.29 is 14.3 Å². The molecule has 19 heavy (non-hydrogen) atoms. The van der Waals surface area contributed by atoms with Gasteiger partial charge in [0.15, 0.2) is 0 Å². The van der Waals surface area contributed by atoms with Gasteiger partial charge >= 0.3 is 5.97 Å². The molecule has 0 aliphatic carbocycles. The summed E-state index contributed by atoms with van der Waals surface area (Å²) in [4.78, 5) is 12.0. The van der Waals surface area contributed by atoms with E-state index in [1.54, 1.807) is 11.3 Å². The predicted molar refractivity (Wildman–Crippen MR) is 75.2 cm³/mol. The Kier molecular flexibility index (Phi) is 3.80. The molecule has 1 saturated heterocycles. The summed E-state index contributed by atoms with van der Waals surface area (Å²) in [5.74, 6) is -0.0720. The van der Waals surface area contributed by atoms with Crippen molar-refractivity contribution in [2.24, 2.45) is 5.92 Å². The van der Waals surface area contributed by atoms with Crippen molar-refractivity contribution in [2.75, 3.05) is 13.2 Å². The first kappa shape index (κ1) is 12.6. The fraction of sp³-hybridized carbons (Fsp3) is 0.400. The van der Waals surface area contributed by atoms with Gasteiger partial charge in [0, 0.05) is 23.5 Å². The number of hydrogen-bond donors (Lipinski definition) is 0. The molecule has 0 N–H and O–H groups in total. The highest BCUT2D eigenvalue weighted by Gasteiger charge is 2.23. The molecule has 3 rings (SSSR count). The van der Waals surface area contributed by atoms with Gasteiger partial charge < -0.3 is 9.47 Å². The Bertz CT molecular complexity index is 570. The third-order valence-corrected chi connectivity index (χ3v) is 4.50. The maximum atomic E-state index is 12.0. The van der Waals surface area contributed by atoms with Crippen molar-refractivity contribution >= 4 is 27.4 Å². The lowest BCUT2D eigenvalue weighted by Gasteiger charge is -2.20. The Labute approximate surface area is 116 Å². The topological polar surface area (TPSA) is 35.5 Å². The first-order chi connectivity index (χ1) is 9.34. The molecule has 0 unspecified atom stereocenters. The number of fused-ring (bicyclic) bond motifs is 1. The van der Waals surface area contributed by atoms with Crippen LogP contribution in [0.2, 0.25) is 0 Å². The first-order valence-electron chi connectivity index (χ1n) is 6.54. The lowest BCUT2D eigenvalue weighted by molar-refractivity contribution is -0.153. The summed E-state index contributed by atoms with van der Waals surface area (Å²) < 4.78 is 11.9. The molecule has 1 aliphatic heterocycles. The van der Waals surface area contributed by atoms with Crippen molar-refractivity contribution in [1.82, 2.24) is 0 Å². The minimum absolute atomic E-state index is 0.0126. The van der Waals surface area contributed by atoms with Crippen LogP contribution in [0, 0.1) is 5.92 Å². The van der Waals surface area contributed by atoms with Gasteiger partial charge in [0.05, 0.1) is 5.92 Å². The summed E-state index contributed by atoms with van der Waals surface area (Å²) in [6.45, 7) is 1.71. The Hall–Kier alpha value is -1.39. The number of esters is 1. The number of rotatable bonds is 3. The zero-order chi connectivity index (χ0) is 13.1. The van der Waals surface area contributed by atoms with E-state index in [0.717, 1.165) is 18.4 Å². The molecule has 100 valence electrons. The van der Waals surface area contributed by atoms with Gasteiger partial charge in [-0.1, -0.05) is 18.2 Å². The van der Waals surface area contributed by atoms with E-state index in [0.29, 0.717) is 19.8 Å². The van der Waals surface area contributed by atoms with E-state index >= 15 is 0 Å². The second kappa shape index (κ2) is 5.72. The van der Waals surface area contributed by atoms with Crippen molar-refractivity contribution in [3.63, 3.8) is 0 Å². The maximum Gasteiger partial charge on any atom is 0.309 e. The summed E-state index contributed by atoms with van der Waals surface area (Å²) in [6, 6.07) is 8.20. The van der Waals surface area contributed by atoms with Crippen LogP contribution >= 0.6 is 11.3 Å². The Morgan fingerprint density at radius 1 is 1.32 bits per heavy atom. The van der Waals surface area contributed by atoms with Crippen LogP contribution < -0.4 is 0 Å². The molecule has 3 nitrogen and oxygen atoms in total. The van der Waals surface area contributed by atoms with Crippen LogP contribution in [0.15, 0.2) is 29.6 Å². The number of ether oxygens (including phenoxy) is 2. The SMILES string of the molecule is O=C(OCc1csc2ccccc12)C1CCOCC1. The van der Waals surface area contributed by atoms with Crippen LogP contribution in [-0.2, 0) is 20.9 Å². The molecule has 0 radical (unpaired) electrons. The molecule has 1 fully saturated rings. The van der Waals surface area contributed by atoms with Gasteiger partial charge in [0.1, 0.15) is 6.61 Å². The van der Waals surface area contributed by atoms with E-state index in [4.69, 9.17) is 9.47 Å². The molecule has 1 aromatic carbocycles. The molecule has 0 spiro atoms. The molecule has 0 bridgehead atoms. The number of benzene rings is 1. The summed E-state index contributed by atoms with van der Waals surface area (Å²) >= 11 is 1.69. The number of carbonyl (C=O) groups is 1. The molecule has 2 heterocycles. The Balaban J connectivity index is 1.64. The van der Waals surface area contributed by atoms with E-state index in [1.807, 2.05) is 12.1 Å². The normalized spacial score (nSPS) is 16.6. The molecular weight excluding hydrogens is 260 g/mol. The largest absolute Gasteiger partial charge is 0.461 e. The number of carbonyl (C=O) groups excluding carboxylic acids is 1. The number of thiophene rings is 1. The zero-order valence-corrected chi connectivity index (χ0v) is 11.4. The average molecular weight is 276 g/mol. The van der Waals surface area contributed by atoms with Crippen molar-refractivity contribution in [3.05, 3.63) is 35.2 Å². The van der Waals surface area contributed by atoms with Crippen LogP contribution in [0.3, 0.4) is 0 Å². The monoisotopic (exact) mass is 276 g/mol. The van der Waals surface area contributed by atoms with E-state index in [2.05, 4.69) is 17.5 Å². The van der Waals surface area contributed by atoms with Crippen LogP contribution in [0.25, 0.3) is 10.1 Å². The van der Waals surface area contributed by atoms with Gasteiger partial charge in [-0.15, -0.1) is 11.3 Å². The highest BCUT2D eigenvalue weighted by atomic mass is 32.1. The molecule has 1 aliphatic rings. The lowest BCUT2D eigenvalue weighted by Crippen LogP contribution is -2.25. The van der Waals surface area contributed by atoms with Gasteiger partial charge in [0.25, 0.3) is 0 Å². The van der Waals surface area contributed by atoms with E-state index in [1.165, 1.54) is 10.1 Å².